The molecule has 0 amide bonds. The standard InChI is InChI=1S/C21H21FN6S2/c1-11-7-8-13-15(9-11)30-20-17(13)18(23)24-16(25-20)10-29-21-27-26-19(28(21)2)12-5-3-4-6-14(12)22/h3-6,11H,7-10H2,1-2H3,(H2,23,24,25). The molecule has 1 unspecified atom stereocenters. The molecule has 4 aromatic rings. The molecule has 3 aromatic heterocycles. The normalized spacial score (nSPS) is 16.2. The van der Waals surface area contributed by atoms with E-state index in [2.05, 4.69) is 22.1 Å². The molecule has 0 radical (unpaired) electrons. The lowest BCUT2D eigenvalue weighted by atomic mass is 9.89. The Morgan fingerprint density at radius 1 is 1.27 bits per heavy atom. The number of hydrogen-bond acceptors (Lipinski definition) is 7. The molecular weight excluding hydrogens is 419 g/mol. The molecule has 0 saturated carbocycles. The molecule has 30 heavy (non-hydrogen) atoms. The first-order chi connectivity index (χ1) is 14.5. The molecule has 1 aromatic carbocycles. The summed E-state index contributed by atoms with van der Waals surface area (Å²) < 4.78 is 15.9. The Balaban J connectivity index is 1.40. The highest BCUT2D eigenvalue weighted by molar-refractivity contribution is 7.98. The summed E-state index contributed by atoms with van der Waals surface area (Å²) in [6.07, 6.45) is 3.33. The van der Waals surface area contributed by atoms with Crippen molar-refractivity contribution in [1.82, 2.24) is 24.7 Å². The van der Waals surface area contributed by atoms with Gasteiger partial charge in [-0.05, 0) is 42.9 Å². The number of nitrogens with zero attached hydrogens (tertiary/aromatic N) is 5. The largest absolute Gasteiger partial charge is 0.383 e. The minimum atomic E-state index is -0.318. The summed E-state index contributed by atoms with van der Waals surface area (Å²) in [6, 6.07) is 6.56. The number of rotatable bonds is 4. The number of aryl methyl sites for hydroxylation is 1. The molecule has 0 saturated heterocycles. The predicted octanol–water partition coefficient (Wildman–Crippen LogP) is 4.63. The minimum Gasteiger partial charge on any atom is -0.383 e. The van der Waals surface area contributed by atoms with E-state index in [1.54, 1.807) is 34.1 Å². The van der Waals surface area contributed by atoms with Crippen LogP contribution in [0.25, 0.3) is 21.6 Å². The summed E-state index contributed by atoms with van der Waals surface area (Å²) in [4.78, 5) is 11.7. The van der Waals surface area contributed by atoms with Crippen LogP contribution in [0, 0.1) is 11.7 Å². The SMILES string of the molecule is CC1CCc2c(sc3nc(CSc4nnc(-c5ccccc5F)n4C)nc(N)c23)C1. The van der Waals surface area contributed by atoms with Crippen LogP contribution in [0.4, 0.5) is 10.2 Å². The monoisotopic (exact) mass is 440 g/mol. The zero-order chi connectivity index (χ0) is 20.8. The number of nitrogen functional groups attached to an aromatic ring is 1. The van der Waals surface area contributed by atoms with Crippen molar-refractivity contribution in [2.24, 2.45) is 13.0 Å². The van der Waals surface area contributed by atoms with Crippen LogP contribution in [0.3, 0.4) is 0 Å². The Morgan fingerprint density at radius 3 is 2.93 bits per heavy atom. The molecular formula is C21H21FN6S2. The molecule has 9 heteroatoms. The molecule has 1 aliphatic rings. The van der Waals surface area contributed by atoms with Crippen molar-refractivity contribution in [2.75, 3.05) is 5.73 Å². The fourth-order valence-electron chi connectivity index (χ4n) is 3.93. The number of nitrogens with two attached hydrogens (primary N) is 1. The Hall–Kier alpha value is -2.52. The maximum Gasteiger partial charge on any atom is 0.191 e. The van der Waals surface area contributed by atoms with Crippen LogP contribution in [0.2, 0.25) is 0 Å². The zero-order valence-corrected chi connectivity index (χ0v) is 18.4. The summed E-state index contributed by atoms with van der Waals surface area (Å²) in [7, 11) is 1.83. The van der Waals surface area contributed by atoms with E-state index in [0.717, 1.165) is 23.1 Å². The first-order valence-corrected chi connectivity index (χ1v) is 11.6. The first kappa shape index (κ1) is 19.4. The van der Waals surface area contributed by atoms with Crippen molar-refractivity contribution in [3.05, 3.63) is 46.3 Å². The van der Waals surface area contributed by atoms with E-state index >= 15 is 0 Å². The van der Waals surface area contributed by atoms with E-state index in [4.69, 9.17) is 10.7 Å². The van der Waals surface area contributed by atoms with E-state index in [0.29, 0.717) is 39.9 Å². The molecule has 6 nitrogen and oxygen atoms in total. The second-order valence-electron chi connectivity index (χ2n) is 7.69. The van der Waals surface area contributed by atoms with Gasteiger partial charge < -0.3 is 10.3 Å². The van der Waals surface area contributed by atoms with Crippen LogP contribution in [-0.4, -0.2) is 24.7 Å². The third kappa shape index (κ3) is 3.35. The lowest BCUT2D eigenvalue weighted by Crippen LogP contribution is -2.09. The molecule has 0 bridgehead atoms. The van der Waals surface area contributed by atoms with Gasteiger partial charge in [-0.1, -0.05) is 30.8 Å². The van der Waals surface area contributed by atoms with Crippen molar-refractivity contribution < 1.29 is 4.39 Å². The minimum absolute atomic E-state index is 0.318. The number of thiophene rings is 1. The van der Waals surface area contributed by atoms with Crippen molar-refractivity contribution in [2.45, 2.75) is 37.1 Å². The van der Waals surface area contributed by atoms with Gasteiger partial charge in [0, 0.05) is 11.9 Å². The second-order valence-corrected chi connectivity index (χ2v) is 9.72. The average molecular weight is 441 g/mol. The van der Waals surface area contributed by atoms with Gasteiger partial charge in [0.1, 0.15) is 22.3 Å². The summed E-state index contributed by atoms with van der Waals surface area (Å²) in [5.74, 6) is 2.63. The van der Waals surface area contributed by atoms with Crippen molar-refractivity contribution >= 4 is 39.1 Å². The van der Waals surface area contributed by atoms with E-state index in [1.807, 2.05) is 7.05 Å². The van der Waals surface area contributed by atoms with Gasteiger partial charge in [-0.2, -0.15) is 0 Å². The smallest absolute Gasteiger partial charge is 0.191 e. The molecule has 5 rings (SSSR count). The van der Waals surface area contributed by atoms with Crippen LogP contribution < -0.4 is 5.73 Å². The maximum atomic E-state index is 14.1. The Labute approximate surface area is 181 Å². The van der Waals surface area contributed by atoms with Crippen molar-refractivity contribution in [1.29, 1.82) is 0 Å². The number of halogens is 1. The number of anilines is 1. The van der Waals surface area contributed by atoms with Crippen LogP contribution in [-0.2, 0) is 25.6 Å². The third-order valence-corrected chi connectivity index (χ3v) is 7.67. The Bertz CT molecular complexity index is 1250. The maximum absolute atomic E-state index is 14.1. The molecule has 3 heterocycles. The third-order valence-electron chi connectivity index (χ3n) is 5.51. The highest BCUT2D eigenvalue weighted by atomic mass is 32.2. The lowest BCUT2D eigenvalue weighted by Gasteiger charge is -2.17. The van der Waals surface area contributed by atoms with Gasteiger partial charge in [0.25, 0.3) is 0 Å². The number of aromatic nitrogens is 5. The molecule has 154 valence electrons. The van der Waals surface area contributed by atoms with Gasteiger partial charge in [-0.3, -0.25) is 0 Å². The van der Waals surface area contributed by atoms with Crippen LogP contribution in [0.5, 0.6) is 0 Å². The number of fused-ring (bicyclic) bond motifs is 3. The topological polar surface area (TPSA) is 82.5 Å². The van der Waals surface area contributed by atoms with E-state index in [1.165, 1.54) is 34.7 Å². The average Bonchev–Trinajstić information content (AvgIpc) is 3.26. The number of hydrogen-bond donors (Lipinski definition) is 1. The summed E-state index contributed by atoms with van der Waals surface area (Å²) >= 11 is 3.21. The second kappa shape index (κ2) is 7.63. The van der Waals surface area contributed by atoms with Gasteiger partial charge in [-0.15, -0.1) is 21.5 Å². The highest BCUT2D eigenvalue weighted by Crippen LogP contribution is 2.39. The summed E-state index contributed by atoms with van der Waals surface area (Å²) in [5, 5.41) is 10.1. The highest BCUT2D eigenvalue weighted by Gasteiger charge is 2.23. The van der Waals surface area contributed by atoms with Gasteiger partial charge in [0.15, 0.2) is 11.0 Å². The van der Waals surface area contributed by atoms with E-state index < -0.39 is 0 Å². The lowest BCUT2D eigenvalue weighted by molar-refractivity contribution is 0.509. The molecule has 0 fully saturated rings. The molecule has 1 atom stereocenters. The number of benzene rings is 1. The molecule has 2 N–H and O–H groups in total. The van der Waals surface area contributed by atoms with Gasteiger partial charge in [0.05, 0.1) is 16.7 Å². The first-order valence-electron chi connectivity index (χ1n) is 9.85. The van der Waals surface area contributed by atoms with Crippen LogP contribution >= 0.6 is 23.1 Å². The zero-order valence-electron chi connectivity index (χ0n) is 16.7. The Morgan fingerprint density at radius 2 is 2.10 bits per heavy atom. The van der Waals surface area contributed by atoms with E-state index in [9.17, 15) is 4.39 Å². The molecule has 0 spiro atoms. The predicted molar refractivity (Wildman–Crippen MR) is 119 cm³/mol. The quantitative estimate of drug-likeness (QED) is 0.466. The summed E-state index contributed by atoms with van der Waals surface area (Å²) in [6.45, 7) is 2.29. The number of thioether (sulfide) groups is 1. The van der Waals surface area contributed by atoms with Gasteiger partial charge in [-0.25, -0.2) is 14.4 Å². The van der Waals surface area contributed by atoms with Crippen molar-refractivity contribution in [3.63, 3.8) is 0 Å². The van der Waals surface area contributed by atoms with Crippen LogP contribution in [0.1, 0.15) is 29.6 Å². The fourth-order valence-corrected chi connectivity index (χ4v) is 6.10. The van der Waals surface area contributed by atoms with Gasteiger partial charge >= 0.3 is 0 Å². The molecule has 1 aliphatic carbocycles. The summed E-state index contributed by atoms with van der Waals surface area (Å²) in [5.41, 5.74) is 8.10. The van der Waals surface area contributed by atoms with Crippen LogP contribution in [0.15, 0.2) is 29.4 Å². The van der Waals surface area contributed by atoms with Crippen molar-refractivity contribution in [3.8, 4) is 11.4 Å². The molecule has 0 aliphatic heterocycles. The Kier molecular flexibility index (Phi) is 4.94. The van der Waals surface area contributed by atoms with Gasteiger partial charge in [0.2, 0.25) is 0 Å². The van der Waals surface area contributed by atoms with E-state index in [-0.39, 0.29) is 5.82 Å². The fraction of sp³-hybridized carbons (Fsp3) is 0.333.